The maximum atomic E-state index is 11.4. The highest BCUT2D eigenvalue weighted by atomic mass is 32.2. The molecule has 0 aliphatic rings. The fraction of sp³-hybridized carbons (Fsp3) is 0.308. The van der Waals surface area contributed by atoms with Crippen LogP contribution < -0.4 is 5.30 Å². The van der Waals surface area contributed by atoms with E-state index in [-0.39, 0.29) is 5.25 Å². The topological polar surface area (TPSA) is 30.2 Å². The van der Waals surface area contributed by atoms with Crippen molar-refractivity contribution in [1.29, 1.82) is 0 Å². The van der Waals surface area contributed by atoms with Gasteiger partial charge in [0.05, 0.1) is 5.76 Å². The minimum Gasteiger partial charge on any atom is -0.462 e. The molecule has 0 N–H and O–H groups in total. The largest absolute Gasteiger partial charge is 0.462 e. The van der Waals surface area contributed by atoms with Crippen LogP contribution in [0.4, 0.5) is 0 Å². The molecule has 92 valence electrons. The van der Waals surface area contributed by atoms with Crippen molar-refractivity contribution >= 4 is 41.8 Å². The smallest absolute Gasteiger partial charge is 0.137 e. The fourth-order valence-corrected chi connectivity index (χ4v) is 2.59. The van der Waals surface area contributed by atoms with Gasteiger partial charge in [-0.05, 0) is 41.6 Å². The first-order valence-electron chi connectivity index (χ1n) is 5.41. The van der Waals surface area contributed by atoms with Crippen molar-refractivity contribution in [2.24, 2.45) is 0 Å². The molecule has 2 nitrogen and oxygen atoms in total. The average molecular weight is 267 g/mol. The molecule has 0 aliphatic heterocycles. The first-order chi connectivity index (χ1) is 7.91. The molecule has 2 rings (SSSR count). The first kappa shape index (κ1) is 12.7. The van der Waals surface area contributed by atoms with Gasteiger partial charge in [0, 0.05) is 5.39 Å². The van der Waals surface area contributed by atoms with Crippen LogP contribution in [0.5, 0.6) is 0 Å². The molecule has 2 aromatic rings. The molecule has 0 radical (unpaired) electrons. The summed E-state index contributed by atoms with van der Waals surface area (Å²) < 4.78 is 17.2. The van der Waals surface area contributed by atoms with Crippen molar-refractivity contribution in [1.82, 2.24) is 0 Å². The molecule has 0 amide bonds. The SMILES string of the molecule is C=[S-](=O)C(C)c1cc2c(P)c(C)cc(C)c2o1. The molecule has 2 atom stereocenters. The zero-order valence-corrected chi connectivity index (χ0v) is 12.2. The summed E-state index contributed by atoms with van der Waals surface area (Å²) >= 11 is 0. The molecule has 0 saturated carbocycles. The van der Waals surface area contributed by atoms with Crippen LogP contribution in [0.1, 0.15) is 29.1 Å². The molecule has 0 saturated heterocycles. The highest BCUT2D eigenvalue weighted by Crippen LogP contribution is 2.28. The Kier molecular flexibility index (Phi) is 3.33. The predicted molar refractivity (Wildman–Crippen MR) is 78.6 cm³/mol. The highest BCUT2D eigenvalue weighted by Gasteiger charge is 2.12. The minimum absolute atomic E-state index is 0.175. The minimum atomic E-state index is -1.16. The molecule has 4 heteroatoms. The van der Waals surface area contributed by atoms with Crippen LogP contribution in [-0.4, -0.2) is 5.87 Å². The van der Waals surface area contributed by atoms with Gasteiger partial charge in [0.15, 0.2) is 0 Å². The van der Waals surface area contributed by atoms with E-state index in [0.29, 0.717) is 0 Å². The Bertz CT molecular complexity index is 645. The lowest BCUT2D eigenvalue weighted by Crippen LogP contribution is -1.98. The van der Waals surface area contributed by atoms with Gasteiger partial charge in [0.25, 0.3) is 0 Å². The second kappa shape index (κ2) is 4.47. The van der Waals surface area contributed by atoms with Crippen LogP contribution in [0.3, 0.4) is 0 Å². The van der Waals surface area contributed by atoms with E-state index in [2.05, 4.69) is 28.1 Å². The van der Waals surface area contributed by atoms with E-state index < -0.39 is 10.4 Å². The summed E-state index contributed by atoms with van der Waals surface area (Å²) in [7, 11) is 1.59. The number of hydrogen-bond donors (Lipinski definition) is 0. The third kappa shape index (κ3) is 2.14. The van der Waals surface area contributed by atoms with Gasteiger partial charge in [0.1, 0.15) is 5.58 Å². The number of aryl methyl sites for hydroxylation is 2. The van der Waals surface area contributed by atoms with Crippen LogP contribution >= 0.6 is 9.24 Å². The van der Waals surface area contributed by atoms with Gasteiger partial charge in [-0.25, -0.2) is 0 Å². The second-order valence-electron chi connectivity index (χ2n) is 4.34. The quantitative estimate of drug-likeness (QED) is 0.475. The summed E-state index contributed by atoms with van der Waals surface area (Å²) in [5.74, 6) is 4.30. The van der Waals surface area contributed by atoms with Crippen LogP contribution in [-0.2, 0) is 14.6 Å². The molecule has 0 spiro atoms. The first-order valence-corrected chi connectivity index (χ1v) is 7.37. The van der Waals surface area contributed by atoms with Crippen molar-refractivity contribution in [2.45, 2.75) is 26.0 Å². The molecule has 1 heterocycles. The van der Waals surface area contributed by atoms with Gasteiger partial charge in [-0.15, -0.1) is 9.24 Å². The van der Waals surface area contributed by atoms with Gasteiger partial charge in [-0.1, -0.05) is 13.0 Å². The number of rotatable bonds is 2. The van der Waals surface area contributed by atoms with Crippen molar-refractivity contribution in [3.63, 3.8) is 0 Å². The van der Waals surface area contributed by atoms with Gasteiger partial charge in [-0.3, -0.25) is 10.4 Å². The van der Waals surface area contributed by atoms with Crippen molar-refractivity contribution < 1.29 is 8.63 Å². The Morgan fingerprint density at radius 1 is 1.35 bits per heavy atom. The summed E-state index contributed by atoms with van der Waals surface area (Å²) in [4.78, 5) is 0. The van der Waals surface area contributed by atoms with Gasteiger partial charge < -0.3 is 8.63 Å². The summed E-state index contributed by atoms with van der Waals surface area (Å²) in [6.45, 7) is 5.97. The molecule has 1 aromatic carbocycles. The Labute approximate surface area is 106 Å². The maximum absolute atomic E-state index is 11.4. The van der Waals surface area contributed by atoms with Crippen molar-refractivity contribution in [3.8, 4) is 0 Å². The third-order valence-corrected chi connectivity index (χ3v) is 4.84. The lowest BCUT2D eigenvalue weighted by atomic mass is 10.1. The summed E-state index contributed by atoms with van der Waals surface area (Å²) in [5.41, 5.74) is 3.21. The van der Waals surface area contributed by atoms with Gasteiger partial charge in [0.2, 0.25) is 0 Å². The number of benzene rings is 1. The highest BCUT2D eigenvalue weighted by molar-refractivity contribution is 7.82. The van der Waals surface area contributed by atoms with E-state index in [9.17, 15) is 4.21 Å². The lowest BCUT2D eigenvalue weighted by Gasteiger charge is -2.09. The van der Waals surface area contributed by atoms with Gasteiger partial charge >= 0.3 is 0 Å². The number of hydrogen-bond acceptors (Lipinski definition) is 3. The molecule has 0 bridgehead atoms. The predicted octanol–water partition coefficient (Wildman–Crippen LogP) is 3.01. The Morgan fingerprint density at radius 3 is 2.59 bits per heavy atom. The van der Waals surface area contributed by atoms with E-state index in [1.54, 1.807) is 0 Å². The monoisotopic (exact) mass is 267 g/mol. The fourth-order valence-electron chi connectivity index (χ4n) is 1.91. The van der Waals surface area contributed by atoms with Crippen molar-refractivity contribution in [3.05, 3.63) is 29.0 Å². The maximum Gasteiger partial charge on any atom is 0.137 e. The number of furan rings is 1. The normalized spacial score (nSPS) is 13.5. The van der Waals surface area contributed by atoms with E-state index in [4.69, 9.17) is 4.42 Å². The third-order valence-electron chi connectivity index (χ3n) is 3.05. The van der Waals surface area contributed by atoms with Crippen molar-refractivity contribution in [2.75, 3.05) is 0 Å². The van der Waals surface area contributed by atoms with Crippen LogP contribution in [0.15, 0.2) is 16.5 Å². The van der Waals surface area contributed by atoms with E-state index >= 15 is 0 Å². The molecule has 0 aliphatic carbocycles. The Hall–Kier alpha value is -0.790. The zero-order valence-electron chi connectivity index (χ0n) is 10.2. The van der Waals surface area contributed by atoms with E-state index in [1.165, 1.54) is 5.56 Å². The second-order valence-corrected chi connectivity index (χ2v) is 6.38. The van der Waals surface area contributed by atoms with E-state index in [1.807, 2.05) is 19.9 Å². The molecule has 1 aromatic heterocycles. The summed E-state index contributed by atoms with van der Waals surface area (Å²) in [5, 5.41) is 2.05. The van der Waals surface area contributed by atoms with Crippen LogP contribution in [0.25, 0.3) is 11.0 Å². The molecule has 0 fully saturated rings. The van der Waals surface area contributed by atoms with Crippen LogP contribution in [0, 0.1) is 13.8 Å². The zero-order chi connectivity index (χ0) is 12.7. The van der Waals surface area contributed by atoms with Crippen LogP contribution in [0.2, 0.25) is 0 Å². The average Bonchev–Trinajstić information content (AvgIpc) is 2.70. The van der Waals surface area contributed by atoms with E-state index in [0.717, 1.165) is 27.6 Å². The molecule has 2 unspecified atom stereocenters. The Balaban J connectivity index is 2.73. The standard InChI is InChI=1S/C13H16O2PS/c1-7-5-8(2)13(16)10-6-11(15-12(7)10)9(3)17(4)14/h5-6,9H,4,16H2,1-3H3/q-1. The summed E-state index contributed by atoms with van der Waals surface area (Å²) in [6.07, 6.45) is 0. The molecular formula is C13H16O2PS-. The number of fused-ring (bicyclic) bond motifs is 1. The molecule has 17 heavy (non-hydrogen) atoms. The summed E-state index contributed by atoms with van der Waals surface area (Å²) in [6, 6.07) is 4.08. The Morgan fingerprint density at radius 2 is 2.00 bits per heavy atom. The molecular weight excluding hydrogens is 251 g/mol. The van der Waals surface area contributed by atoms with Gasteiger partial charge in [-0.2, -0.15) is 5.87 Å². The lowest BCUT2D eigenvalue weighted by molar-refractivity contribution is 0.541.